The molecule has 98 valence electrons. The molecule has 0 fully saturated rings. The molecule has 0 aromatic heterocycles. The maximum atomic E-state index is 11.0. The van der Waals surface area contributed by atoms with Gasteiger partial charge in [-0.15, -0.1) is 0 Å². The molecule has 0 saturated heterocycles. The van der Waals surface area contributed by atoms with Crippen molar-refractivity contribution in [2.24, 2.45) is 11.3 Å². The largest absolute Gasteiger partial charge is 0.481 e. The summed E-state index contributed by atoms with van der Waals surface area (Å²) in [6.45, 7) is 3.37. The maximum absolute atomic E-state index is 11.0. The van der Waals surface area contributed by atoms with Crippen molar-refractivity contribution in [3.05, 3.63) is 35.9 Å². The first-order valence-electron chi connectivity index (χ1n) is 5.84. The molecule has 1 rings (SSSR count). The van der Waals surface area contributed by atoms with E-state index in [1.165, 1.54) is 0 Å². The van der Waals surface area contributed by atoms with Gasteiger partial charge in [-0.05, 0) is 23.8 Å². The zero-order valence-corrected chi connectivity index (χ0v) is 10.6. The topological polar surface area (TPSA) is 74.6 Å². The van der Waals surface area contributed by atoms with E-state index in [4.69, 9.17) is 10.2 Å². The first-order chi connectivity index (χ1) is 8.34. The standard InChI is InChI=1S/C14H18O4/c1-14(2,11(12(15)16)13(17)18)9-8-10-6-4-3-5-7-10/h3-7,11H,8-9H2,1-2H3,(H,15,16)(H,17,18). The minimum Gasteiger partial charge on any atom is -0.481 e. The van der Waals surface area contributed by atoms with Crippen molar-refractivity contribution >= 4 is 11.9 Å². The fourth-order valence-electron chi connectivity index (χ4n) is 2.03. The van der Waals surface area contributed by atoms with Gasteiger partial charge in [0, 0.05) is 0 Å². The highest BCUT2D eigenvalue weighted by Crippen LogP contribution is 2.32. The van der Waals surface area contributed by atoms with E-state index in [1.807, 2.05) is 30.3 Å². The summed E-state index contributed by atoms with van der Waals surface area (Å²) in [6.07, 6.45) is 1.19. The lowest BCUT2D eigenvalue weighted by molar-refractivity contribution is -0.160. The van der Waals surface area contributed by atoms with Gasteiger partial charge in [-0.1, -0.05) is 44.2 Å². The van der Waals surface area contributed by atoms with Crippen LogP contribution < -0.4 is 0 Å². The third-order valence-corrected chi connectivity index (χ3v) is 3.18. The summed E-state index contributed by atoms with van der Waals surface area (Å²) in [5.41, 5.74) is 0.299. The Bertz CT molecular complexity index is 409. The highest BCUT2D eigenvalue weighted by molar-refractivity contribution is 5.93. The van der Waals surface area contributed by atoms with Gasteiger partial charge in [0.2, 0.25) is 0 Å². The van der Waals surface area contributed by atoms with E-state index in [9.17, 15) is 9.59 Å². The van der Waals surface area contributed by atoms with Gasteiger partial charge >= 0.3 is 11.9 Å². The molecular formula is C14H18O4. The lowest BCUT2D eigenvalue weighted by Gasteiger charge is -2.28. The monoisotopic (exact) mass is 250 g/mol. The molecule has 0 atom stereocenters. The van der Waals surface area contributed by atoms with Crippen LogP contribution in [0.2, 0.25) is 0 Å². The molecule has 0 aliphatic rings. The molecule has 0 bridgehead atoms. The van der Waals surface area contributed by atoms with Gasteiger partial charge in [0.05, 0.1) is 0 Å². The number of aryl methyl sites for hydroxylation is 1. The SMILES string of the molecule is CC(C)(CCc1ccccc1)C(C(=O)O)C(=O)O. The summed E-state index contributed by atoms with van der Waals surface area (Å²) in [6, 6.07) is 9.63. The Labute approximate surface area is 106 Å². The van der Waals surface area contributed by atoms with Gasteiger partial charge < -0.3 is 10.2 Å². The van der Waals surface area contributed by atoms with Crippen LogP contribution in [-0.2, 0) is 16.0 Å². The van der Waals surface area contributed by atoms with Crippen molar-refractivity contribution in [3.63, 3.8) is 0 Å². The highest BCUT2D eigenvalue weighted by atomic mass is 16.4. The molecule has 0 amide bonds. The zero-order chi connectivity index (χ0) is 13.8. The predicted molar refractivity (Wildman–Crippen MR) is 67.3 cm³/mol. The Morgan fingerprint density at radius 2 is 1.61 bits per heavy atom. The number of carboxylic acids is 2. The number of hydrogen-bond donors (Lipinski definition) is 2. The molecule has 4 nitrogen and oxygen atoms in total. The summed E-state index contributed by atoms with van der Waals surface area (Å²) in [5.74, 6) is -3.93. The van der Waals surface area contributed by atoms with Crippen LogP contribution in [0.3, 0.4) is 0 Å². The van der Waals surface area contributed by atoms with Gasteiger partial charge in [-0.2, -0.15) is 0 Å². The van der Waals surface area contributed by atoms with Gasteiger partial charge in [0.15, 0.2) is 5.92 Å². The number of benzene rings is 1. The van der Waals surface area contributed by atoms with E-state index < -0.39 is 23.3 Å². The van der Waals surface area contributed by atoms with Crippen LogP contribution in [0.4, 0.5) is 0 Å². The van der Waals surface area contributed by atoms with Crippen molar-refractivity contribution in [2.75, 3.05) is 0 Å². The minimum absolute atomic E-state index is 0.514. The second-order valence-corrected chi connectivity index (χ2v) is 5.08. The molecule has 0 spiro atoms. The third-order valence-electron chi connectivity index (χ3n) is 3.18. The van der Waals surface area contributed by atoms with Crippen LogP contribution in [0.5, 0.6) is 0 Å². The van der Waals surface area contributed by atoms with E-state index in [2.05, 4.69) is 0 Å². The summed E-state index contributed by atoms with van der Waals surface area (Å²) in [4.78, 5) is 22.0. The summed E-state index contributed by atoms with van der Waals surface area (Å²) < 4.78 is 0. The maximum Gasteiger partial charge on any atom is 0.318 e. The van der Waals surface area contributed by atoms with Crippen molar-refractivity contribution in [1.82, 2.24) is 0 Å². The molecule has 0 heterocycles. The lowest BCUT2D eigenvalue weighted by atomic mass is 9.74. The van der Waals surface area contributed by atoms with Gasteiger partial charge in [0.25, 0.3) is 0 Å². The molecule has 4 heteroatoms. The average molecular weight is 250 g/mol. The number of carboxylic acid groups (broad SMARTS) is 2. The van der Waals surface area contributed by atoms with E-state index in [1.54, 1.807) is 13.8 Å². The van der Waals surface area contributed by atoms with E-state index >= 15 is 0 Å². The minimum atomic E-state index is -1.37. The molecule has 0 radical (unpaired) electrons. The van der Waals surface area contributed by atoms with Crippen LogP contribution in [0.25, 0.3) is 0 Å². The van der Waals surface area contributed by atoms with Crippen molar-refractivity contribution in [3.8, 4) is 0 Å². The normalized spacial score (nSPS) is 11.5. The predicted octanol–water partition coefficient (Wildman–Crippen LogP) is 2.43. The van der Waals surface area contributed by atoms with Crippen LogP contribution in [0, 0.1) is 11.3 Å². The molecule has 0 aliphatic heterocycles. The molecule has 2 N–H and O–H groups in total. The quantitative estimate of drug-likeness (QED) is 0.760. The van der Waals surface area contributed by atoms with Crippen molar-refractivity contribution in [1.29, 1.82) is 0 Å². The molecule has 0 saturated carbocycles. The molecule has 0 aliphatic carbocycles. The zero-order valence-electron chi connectivity index (χ0n) is 10.6. The first kappa shape index (κ1) is 14.2. The number of rotatable bonds is 6. The van der Waals surface area contributed by atoms with Crippen molar-refractivity contribution in [2.45, 2.75) is 26.7 Å². The molecule has 18 heavy (non-hydrogen) atoms. The highest BCUT2D eigenvalue weighted by Gasteiger charge is 2.40. The summed E-state index contributed by atoms with van der Waals surface area (Å²) in [7, 11) is 0. The van der Waals surface area contributed by atoms with Crippen LogP contribution in [0.15, 0.2) is 30.3 Å². The summed E-state index contributed by atoms with van der Waals surface area (Å²) >= 11 is 0. The van der Waals surface area contributed by atoms with E-state index in [0.717, 1.165) is 5.56 Å². The number of hydrogen-bond acceptors (Lipinski definition) is 2. The van der Waals surface area contributed by atoms with E-state index in [0.29, 0.717) is 12.8 Å². The van der Waals surface area contributed by atoms with Gasteiger partial charge in [0.1, 0.15) is 0 Å². The van der Waals surface area contributed by atoms with Gasteiger partial charge in [-0.25, -0.2) is 0 Å². The second-order valence-electron chi connectivity index (χ2n) is 5.08. The molecule has 1 aromatic carbocycles. The number of carbonyl (C=O) groups is 2. The third kappa shape index (κ3) is 3.58. The summed E-state index contributed by atoms with van der Waals surface area (Å²) in [5, 5.41) is 18.0. The van der Waals surface area contributed by atoms with E-state index in [-0.39, 0.29) is 0 Å². The molecular weight excluding hydrogens is 232 g/mol. The Balaban J connectivity index is 2.74. The molecule has 0 unspecified atom stereocenters. The van der Waals surface area contributed by atoms with Crippen molar-refractivity contribution < 1.29 is 19.8 Å². The first-order valence-corrected chi connectivity index (χ1v) is 5.84. The Hall–Kier alpha value is -1.84. The smallest absolute Gasteiger partial charge is 0.318 e. The fourth-order valence-corrected chi connectivity index (χ4v) is 2.03. The van der Waals surface area contributed by atoms with Crippen LogP contribution in [-0.4, -0.2) is 22.2 Å². The van der Waals surface area contributed by atoms with Crippen LogP contribution in [0.1, 0.15) is 25.8 Å². The second kappa shape index (κ2) is 5.67. The van der Waals surface area contributed by atoms with Crippen LogP contribution >= 0.6 is 0 Å². The molecule has 1 aromatic rings. The fraction of sp³-hybridized carbons (Fsp3) is 0.429. The number of aliphatic carboxylic acids is 2. The Morgan fingerprint density at radius 3 is 2.06 bits per heavy atom. The van der Waals surface area contributed by atoms with Gasteiger partial charge in [-0.3, -0.25) is 9.59 Å². The lowest BCUT2D eigenvalue weighted by Crippen LogP contribution is -2.37. The Morgan fingerprint density at radius 1 is 1.11 bits per heavy atom. The average Bonchev–Trinajstić information content (AvgIpc) is 2.26. The Kier molecular flexibility index (Phi) is 4.48.